The van der Waals surface area contributed by atoms with Gasteiger partial charge in [0.2, 0.25) is 0 Å². The molecule has 228 valence electrons. The molecule has 0 bridgehead atoms. The molecule has 9 aromatic rings. The predicted octanol–water partition coefficient (Wildman–Crippen LogP) is 10.7. The molecule has 1 atom stereocenters. The Kier molecular flexibility index (Phi) is 5.37. The van der Waals surface area contributed by atoms with Gasteiger partial charge in [0.25, 0.3) is 0 Å². The summed E-state index contributed by atoms with van der Waals surface area (Å²) in [5.74, 6) is 0.764. The first kappa shape index (κ1) is 26.7. The molecule has 0 amide bonds. The van der Waals surface area contributed by atoms with Crippen LogP contribution in [0.25, 0.3) is 61.0 Å². The number of para-hydroxylation sites is 4. The van der Waals surface area contributed by atoms with Crippen LogP contribution in [0.5, 0.6) is 0 Å². The Labute approximate surface area is 283 Å². The van der Waals surface area contributed by atoms with Crippen LogP contribution in [-0.4, -0.2) is 14.5 Å². The third-order valence-corrected chi connectivity index (χ3v) is 10.9. The second kappa shape index (κ2) is 9.85. The Hall–Kier alpha value is -6.32. The number of fused-ring (bicyclic) bond motifs is 12. The molecule has 2 aromatic heterocycles. The van der Waals surface area contributed by atoms with Crippen LogP contribution in [0.15, 0.2) is 164 Å². The highest BCUT2D eigenvalue weighted by Crippen LogP contribution is 2.58. The lowest BCUT2D eigenvalue weighted by Crippen LogP contribution is -2.39. The van der Waals surface area contributed by atoms with Gasteiger partial charge in [-0.15, -0.1) is 0 Å². The van der Waals surface area contributed by atoms with Gasteiger partial charge in [0.1, 0.15) is 0 Å². The van der Waals surface area contributed by atoms with Crippen LogP contribution < -0.4 is 0 Å². The van der Waals surface area contributed by atoms with Crippen molar-refractivity contribution >= 4 is 32.7 Å². The van der Waals surface area contributed by atoms with Crippen LogP contribution in [0.2, 0.25) is 0 Å². The molecule has 0 radical (unpaired) electrons. The van der Waals surface area contributed by atoms with E-state index >= 15 is 0 Å². The summed E-state index contributed by atoms with van der Waals surface area (Å²) in [6.45, 7) is 0. The lowest BCUT2D eigenvalue weighted by Gasteiger charge is -2.46. The van der Waals surface area contributed by atoms with E-state index in [-0.39, 0.29) is 0 Å². The Balaban J connectivity index is 1.28. The van der Waals surface area contributed by atoms with Crippen molar-refractivity contribution in [1.82, 2.24) is 14.5 Å². The zero-order chi connectivity index (χ0) is 32.1. The highest BCUT2D eigenvalue weighted by Gasteiger charge is 2.49. The maximum Gasteiger partial charge on any atom is 0.160 e. The third-order valence-electron chi connectivity index (χ3n) is 10.9. The molecule has 1 unspecified atom stereocenters. The second-order valence-electron chi connectivity index (χ2n) is 13.3. The van der Waals surface area contributed by atoms with E-state index in [1.54, 1.807) is 0 Å². The lowest BCUT2D eigenvalue weighted by molar-refractivity contribution is 0.691. The van der Waals surface area contributed by atoms with Gasteiger partial charge in [-0.05, 0) is 58.0 Å². The maximum absolute atomic E-state index is 5.37. The van der Waals surface area contributed by atoms with Crippen molar-refractivity contribution in [1.29, 1.82) is 0 Å². The molecule has 1 aliphatic carbocycles. The van der Waals surface area contributed by atoms with Gasteiger partial charge in [0.05, 0.1) is 33.3 Å². The van der Waals surface area contributed by atoms with E-state index in [9.17, 15) is 0 Å². The van der Waals surface area contributed by atoms with Crippen LogP contribution in [0.1, 0.15) is 33.4 Å². The van der Waals surface area contributed by atoms with Crippen LogP contribution in [0, 0.1) is 0 Å². The lowest BCUT2D eigenvalue weighted by atomic mass is 9.58. The predicted molar refractivity (Wildman–Crippen MR) is 199 cm³/mol. The van der Waals surface area contributed by atoms with E-state index in [0.29, 0.717) is 0 Å². The molecule has 7 aromatic carbocycles. The fraction of sp³-hybridized carbons (Fsp3) is 0.0435. The van der Waals surface area contributed by atoms with E-state index < -0.39 is 5.41 Å². The largest absolute Gasteiger partial charge is 0.309 e. The summed E-state index contributed by atoms with van der Waals surface area (Å²) < 4.78 is 2.50. The zero-order valence-electron chi connectivity index (χ0n) is 26.6. The third kappa shape index (κ3) is 3.46. The quantitative estimate of drug-likeness (QED) is 0.192. The van der Waals surface area contributed by atoms with E-state index in [1.165, 1.54) is 60.9 Å². The Bertz CT molecular complexity index is 2810. The van der Waals surface area contributed by atoms with Crippen molar-refractivity contribution < 1.29 is 0 Å². The molecular formula is C46H29N3. The molecule has 1 aliphatic heterocycles. The molecule has 3 heteroatoms. The summed E-state index contributed by atoms with van der Waals surface area (Å²) in [6.07, 6.45) is 0.807. The van der Waals surface area contributed by atoms with E-state index in [1.807, 2.05) is 0 Å². The van der Waals surface area contributed by atoms with Crippen molar-refractivity contribution in [2.45, 2.75) is 11.8 Å². The van der Waals surface area contributed by atoms with Crippen LogP contribution in [0.3, 0.4) is 0 Å². The molecule has 1 spiro atoms. The Morgan fingerprint density at radius 1 is 0.490 bits per heavy atom. The topological polar surface area (TPSA) is 30.7 Å². The summed E-state index contributed by atoms with van der Waals surface area (Å²) in [5.41, 5.74) is 15.2. The van der Waals surface area contributed by atoms with E-state index in [2.05, 4.69) is 168 Å². The second-order valence-corrected chi connectivity index (χ2v) is 13.3. The van der Waals surface area contributed by atoms with E-state index in [4.69, 9.17) is 9.97 Å². The molecule has 0 saturated heterocycles. The summed E-state index contributed by atoms with van der Waals surface area (Å²) >= 11 is 0. The highest BCUT2D eigenvalue weighted by molar-refractivity contribution is 6.12. The standard InChI is InChI=1S/C46H29N3/c1-2-14-29(15-3-1)43-34-18-5-9-25-40(34)47-45(48-43)33-20-13-23-37-35(33)28-30-16-4-7-21-36(30)46(37)38-22-8-11-27-42(38)49-41-26-10-6-17-31(41)32-19-12-24-39(46)44(32)49/h1-27H,28H2. The zero-order valence-corrected chi connectivity index (χ0v) is 26.6. The number of rotatable bonds is 2. The van der Waals surface area contributed by atoms with Gasteiger partial charge < -0.3 is 4.57 Å². The van der Waals surface area contributed by atoms with Crippen molar-refractivity contribution in [3.63, 3.8) is 0 Å². The monoisotopic (exact) mass is 623 g/mol. The van der Waals surface area contributed by atoms with Gasteiger partial charge in [0, 0.05) is 27.3 Å². The molecule has 0 fully saturated rings. The SMILES string of the molecule is c1ccc(-c2nc(-c3cccc4c3Cc3ccccc3C43c4ccccc4-n4c5ccccc5c5cccc3c54)nc3ccccc23)cc1. The van der Waals surface area contributed by atoms with E-state index in [0.717, 1.165) is 40.0 Å². The number of hydrogen-bond acceptors (Lipinski definition) is 2. The maximum atomic E-state index is 5.37. The number of aromatic nitrogens is 3. The fourth-order valence-corrected chi connectivity index (χ4v) is 9.01. The van der Waals surface area contributed by atoms with Crippen LogP contribution in [0.4, 0.5) is 0 Å². The minimum atomic E-state index is -0.528. The fourth-order valence-electron chi connectivity index (χ4n) is 9.01. The molecule has 0 N–H and O–H groups in total. The number of hydrogen-bond donors (Lipinski definition) is 0. The van der Waals surface area contributed by atoms with Crippen molar-refractivity contribution in [2.24, 2.45) is 0 Å². The summed E-state index contributed by atoms with van der Waals surface area (Å²) in [5, 5.41) is 3.63. The van der Waals surface area contributed by atoms with Gasteiger partial charge in [-0.3, -0.25) is 0 Å². The Morgan fingerprint density at radius 2 is 1.16 bits per heavy atom. The van der Waals surface area contributed by atoms with Gasteiger partial charge >= 0.3 is 0 Å². The molecule has 2 aliphatic rings. The molecule has 0 saturated carbocycles. The van der Waals surface area contributed by atoms with Gasteiger partial charge in [0.15, 0.2) is 5.82 Å². The van der Waals surface area contributed by atoms with Crippen molar-refractivity contribution in [2.75, 3.05) is 0 Å². The normalized spacial score (nSPS) is 15.8. The molecule has 3 nitrogen and oxygen atoms in total. The average Bonchev–Trinajstić information content (AvgIpc) is 3.51. The summed E-state index contributed by atoms with van der Waals surface area (Å²) in [4.78, 5) is 10.6. The first-order valence-electron chi connectivity index (χ1n) is 17.0. The van der Waals surface area contributed by atoms with Crippen molar-refractivity contribution in [3.8, 4) is 28.3 Å². The van der Waals surface area contributed by atoms with Crippen LogP contribution >= 0.6 is 0 Å². The van der Waals surface area contributed by atoms with Gasteiger partial charge in [-0.25, -0.2) is 9.97 Å². The summed E-state index contributed by atoms with van der Waals surface area (Å²) in [7, 11) is 0. The highest BCUT2D eigenvalue weighted by atomic mass is 15.0. The molecular weight excluding hydrogens is 595 g/mol. The Morgan fingerprint density at radius 3 is 2.08 bits per heavy atom. The minimum absolute atomic E-state index is 0.528. The number of benzene rings is 7. The number of nitrogens with zero attached hydrogens (tertiary/aromatic N) is 3. The van der Waals surface area contributed by atoms with Crippen molar-refractivity contribution in [3.05, 3.63) is 197 Å². The molecule has 3 heterocycles. The first-order valence-corrected chi connectivity index (χ1v) is 17.0. The summed E-state index contributed by atoms with van der Waals surface area (Å²) in [6, 6.07) is 59.6. The van der Waals surface area contributed by atoms with Crippen LogP contribution in [-0.2, 0) is 11.8 Å². The average molecular weight is 624 g/mol. The molecule has 11 rings (SSSR count). The van der Waals surface area contributed by atoms with Gasteiger partial charge in [-0.1, -0.05) is 146 Å². The molecule has 49 heavy (non-hydrogen) atoms. The first-order chi connectivity index (χ1) is 24.3. The van der Waals surface area contributed by atoms with Gasteiger partial charge in [-0.2, -0.15) is 0 Å². The minimum Gasteiger partial charge on any atom is -0.309 e. The smallest absolute Gasteiger partial charge is 0.160 e.